The van der Waals surface area contributed by atoms with Crippen LogP contribution in [0.15, 0.2) is 30.5 Å². The highest BCUT2D eigenvalue weighted by Crippen LogP contribution is 2.36. The van der Waals surface area contributed by atoms with Gasteiger partial charge in [0.15, 0.2) is 0 Å². The Morgan fingerprint density at radius 3 is 2.50 bits per heavy atom. The molecule has 0 saturated heterocycles. The molecule has 1 aromatic carbocycles. The van der Waals surface area contributed by atoms with E-state index in [-0.39, 0.29) is 0 Å². The summed E-state index contributed by atoms with van der Waals surface area (Å²) in [6.07, 6.45) is 1.24. The van der Waals surface area contributed by atoms with Crippen LogP contribution in [-0.4, -0.2) is 4.98 Å². The monoisotopic (exact) mass is 275 g/mol. The van der Waals surface area contributed by atoms with Crippen molar-refractivity contribution in [1.29, 1.82) is 0 Å². The number of nitrogens with zero attached hydrogens (tertiary/aromatic N) is 1. The maximum absolute atomic E-state index is 13.0. The third-order valence-corrected chi connectivity index (χ3v) is 3.18. The molecule has 82 valence electrons. The van der Waals surface area contributed by atoms with Crippen molar-refractivity contribution in [2.24, 2.45) is 0 Å². The van der Waals surface area contributed by atoms with Gasteiger partial charge >= 0.3 is 0 Å². The predicted octanol–water partition coefficient (Wildman–Crippen LogP) is 4.85. The summed E-state index contributed by atoms with van der Waals surface area (Å²) >= 11 is 17.8. The van der Waals surface area contributed by atoms with E-state index in [1.54, 1.807) is 18.2 Å². The Morgan fingerprint density at radius 2 is 1.75 bits per heavy atom. The lowest BCUT2D eigenvalue weighted by molar-refractivity contribution is 0.584. The van der Waals surface area contributed by atoms with Gasteiger partial charge in [-0.15, -0.1) is 0 Å². The minimum atomic E-state index is -0.615. The molecule has 5 heteroatoms. The fraction of sp³-hybridized carbons (Fsp3) is 0. The van der Waals surface area contributed by atoms with Crippen molar-refractivity contribution >= 4 is 34.8 Å². The molecule has 0 amide bonds. The molecule has 0 unspecified atom stereocenters. The Labute approximate surface area is 107 Å². The van der Waals surface area contributed by atoms with Gasteiger partial charge in [0.1, 0.15) is 0 Å². The first kappa shape index (κ1) is 11.6. The average Bonchev–Trinajstić information content (AvgIpc) is 2.26. The van der Waals surface area contributed by atoms with Gasteiger partial charge < -0.3 is 0 Å². The van der Waals surface area contributed by atoms with Gasteiger partial charge in [0.05, 0.1) is 15.1 Å². The molecule has 0 atom stereocenters. The quantitative estimate of drug-likeness (QED) is 0.679. The molecular formula is C11H5Cl3FN. The molecule has 0 aliphatic carbocycles. The fourth-order valence-electron chi connectivity index (χ4n) is 1.33. The van der Waals surface area contributed by atoms with E-state index in [4.69, 9.17) is 34.8 Å². The van der Waals surface area contributed by atoms with Crippen molar-refractivity contribution < 1.29 is 4.39 Å². The molecule has 1 nitrogen and oxygen atoms in total. The Balaban J connectivity index is 2.67. The van der Waals surface area contributed by atoms with Gasteiger partial charge in [-0.3, -0.25) is 0 Å². The molecule has 2 aromatic rings. The van der Waals surface area contributed by atoms with Gasteiger partial charge in [-0.1, -0.05) is 46.9 Å². The number of aromatic nitrogens is 1. The summed E-state index contributed by atoms with van der Waals surface area (Å²) in [4.78, 5) is 3.44. The zero-order valence-electron chi connectivity index (χ0n) is 7.85. The Kier molecular flexibility index (Phi) is 3.33. The lowest BCUT2D eigenvalue weighted by Gasteiger charge is -2.07. The molecule has 0 saturated carbocycles. The van der Waals surface area contributed by atoms with Crippen LogP contribution in [0.25, 0.3) is 11.1 Å². The predicted molar refractivity (Wildman–Crippen MR) is 64.7 cm³/mol. The van der Waals surface area contributed by atoms with E-state index in [0.29, 0.717) is 26.2 Å². The van der Waals surface area contributed by atoms with Gasteiger partial charge in [0.2, 0.25) is 5.95 Å². The van der Waals surface area contributed by atoms with E-state index in [9.17, 15) is 4.39 Å². The zero-order valence-corrected chi connectivity index (χ0v) is 10.1. The topological polar surface area (TPSA) is 12.9 Å². The molecule has 0 radical (unpaired) electrons. The second-order valence-electron chi connectivity index (χ2n) is 3.09. The molecule has 0 aliphatic heterocycles. The minimum absolute atomic E-state index is 0.325. The molecule has 0 fully saturated rings. The third kappa shape index (κ3) is 2.14. The van der Waals surface area contributed by atoms with E-state index < -0.39 is 5.95 Å². The summed E-state index contributed by atoms with van der Waals surface area (Å²) in [5.74, 6) is -0.615. The molecular weight excluding hydrogens is 271 g/mol. The molecule has 0 bridgehead atoms. The summed E-state index contributed by atoms with van der Waals surface area (Å²) < 4.78 is 13.0. The second kappa shape index (κ2) is 4.58. The summed E-state index contributed by atoms with van der Waals surface area (Å²) in [6.45, 7) is 0. The molecule has 0 spiro atoms. The van der Waals surface area contributed by atoms with Gasteiger partial charge in [-0.05, 0) is 6.07 Å². The summed E-state index contributed by atoms with van der Waals surface area (Å²) in [7, 11) is 0. The number of halogens is 4. The van der Waals surface area contributed by atoms with Crippen LogP contribution in [0.2, 0.25) is 15.1 Å². The van der Waals surface area contributed by atoms with Gasteiger partial charge in [0, 0.05) is 23.4 Å². The Morgan fingerprint density at radius 1 is 1.00 bits per heavy atom. The normalized spacial score (nSPS) is 10.5. The Bertz CT molecular complexity index is 543. The number of pyridine rings is 1. The lowest BCUT2D eigenvalue weighted by atomic mass is 10.1. The lowest BCUT2D eigenvalue weighted by Crippen LogP contribution is -1.87. The summed E-state index contributed by atoms with van der Waals surface area (Å²) in [6, 6.07) is 6.31. The number of benzene rings is 1. The second-order valence-corrected chi connectivity index (χ2v) is 4.28. The highest BCUT2D eigenvalue weighted by molar-refractivity contribution is 6.44. The molecule has 2 rings (SSSR count). The van der Waals surface area contributed by atoms with Crippen LogP contribution in [0.3, 0.4) is 0 Å². The molecule has 1 heterocycles. The molecule has 0 N–H and O–H groups in total. The van der Waals surface area contributed by atoms with Crippen LogP contribution < -0.4 is 0 Å². The maximum Gasteiger partial charge on any atom is 0.213 e. The SMILES string of the molecule is Fc1cc(-c2cccc(Cl)c2Cl)c(Cl)cn1. The first-order valence-electron chi connectivity index (χ1n) is 4.35. The van der Waals surface area contributed by atoms with Crippen molar-refractivity contribution in [2.75, 3.05) is 0 Å². The van der Waals surface area contributed by atoms with Crippen molar-refractivity contribution in [1.82, 2.24) is 4.98 Å². The minimum Gasteiger partial charge on any atom is -0.227 e. The van der Waals surface area contributed by atoms with E-state index in [1.165, 1.54) is 12.3 Å². The third-order valence-electron chi connectivity index (χ3n) is 2.06. The van der Waals surface area contributed by atoms with Crippen LogP contribution in [0.4, 0.5) is 4.39 Å². The highest BCUT2D eigenvalue weighted by atomic mass is 35.5. The van der Waals surface area contributed by atoms with Crippen LogP contribution in [0.1, 0.15) is 0 Å². The fourth-order valence-corrected chi connectivity index (χ4v) is 1.94. The Hall–Kier alpha value is -0.830. The van der Waals surface area contributed by atoms with E-state index in [1.807, 2.05) is 0 Å². The smallest absolute Gasteiger partial charge is 0.213 e. The molecule has 16 heavy (non-hydrogen) atoms. The average molecular weight is 277 g/mol. The summed E-state index contributed by atoms with van der Waals surface area (Å²) in [5.41, 5.74) is 1.06. The highest BCUT2D eigenvalue weighted by Gasteiger charge is 2.11. The van der Waals surface area contributed by atoms with Gasteiger partial charge in [-0.25, -0.2) is 4.98 Å². The van der Waals surface area contributed by atoms with Crippen LogP contribution in [0, 0.1) is 5.95 Å². The number of hydrogen-bond acceptors (Lipinski definition) is 1. The standard InChI is InChI=1S/C11H5Cl3FN/c12-8-3-1-2-6(11(8)14)7-4-10(15)16-5-9(7)13/h1-5H. The molecule has 1 aromatic heterocycles. The van der Waals surface area contributed by atoms with Gasteiger partial charge in [0.25, 0.3) is 0 Å². The number of hydrogen-bond donors (Lipinski definition) is 0. The first-order chi connectivity index (χ1) is 7.59. The van der Waals surface area contributed by atoms with E-state index in [0.717, 1.165) is 0 Å². The largest absolute Gasteiger partial charge is 0.227 e. The van der Waals surface area contributed by atoms with Crippen molar-refractivity contribution in [3.63, 3.8) is 0 Å². The van der Waals surface area contributed by atoms with Crippen LogP contribution in [-0.2, 0) is 0 Å². The maximum atomic E-state index is 13.0. The van der Waals surface area contributed by atoms with Crippen molar-refractivity contribution in [3.8, 4) is 11.1 Å². The van der Waals surface area contributed by atoms with E-state index in [2.05, 4.69) is 4.98 Å². The van der Waals surface area contributed by atoms with Gasteiger partial charge in [-0.2, -0.15) is 4.39 Å². The zero-order chi connectivity index (χ0) is 11.7. The molecule has 0 aliphatic rings. The number of rotatable bonds is 1. The first-order valence-corrected chi connectivity index (χ1v) is 5.48. The van der Waals surface area contributed by atoms with E-state index >= 15 is 0 Å². The summed E-state index contributed by atoms with van der Waals surface area (Å²) in [5, 5.41) is 1.06. The van der Waals surface area contributed by atoms with Crippen molar-refractivity contribution in [3.05, 3.63) is 51.5 Å². The van der Waals surface area contributed by atoms with Crippen molar-refractivity contribution in [2.45, 2.75) is 0 Å². The van der Waals surface area contributed by atoms with Crippen LogP contribution >= 0.6 is 34.8 Å². The van der Waals surface area contributed by atoms with Crippen LogP contribution in [0.5, 0.6) is 0 Å².